The van der Waals surface area contributed by atoms with Gasteiger partial charge in [-0.2, -0.15) is 0 Å². The standard InChI is InChI=1S/C20H26O3/c1-14(2)10-6-4-3-5-7-13-17-18(21)15-11-8-9-12-16(15)19(22)20(17)23/h8-9,11-12,14,21H,3-7,10,13H2,1-2H3. The number of fused-ring (bicyclic) bond motifs is 1. The van der Waals surface area contributed by atoms with Gasteiger partial charge in [0.2, 0.25) is 11.6 Å². The Hall–Kier alpha value is -1.90. The number of hydrogen-bond acceptors (Lipinski definition) is 3. The minimum Gasteiger partial charge on any atom is -0.507 e. The Balaban J connectivity index is 1.90. The molecule has 23 heavy (non-hydrogen) atoms. The molecular formula is C20H26O3. The molecular weight excluding hydrogens is 288 g/mol. The molecule has 1 N–H and O–H groups in total. The smallest absolute Gasteiger partial charge is 0.234 e. The molecule has 0 bridgehead atoms. The van der Waals surface area contributed by atoms with E-state index in [0.717, 1.165) is 25.2 Å². The van der Waals surface area contributed by atoms with Crippen LogP contribution in [0.1, 0.15) is 74.7 Å². The normalized spacial score (nSPS) is 14.6. The van der Waals surface area contributed by atoms with Crippen molar-refractivity contribution in [3.63, 3.8) is 0 Å². The Morgan fingerprint density at radius 3 is 2.17 bits per heavy atom. The van der Waals surface area contributed by atoms with Crippen LogP contribution in [0.4, 0.5) is 0 Å². The molecule has 1 aliphatic carbocycles. The minimum atomic E-state index is -0.541. The molecule has 0 unspecified atom stereocenters. The van der Waals surface area contributed by atoms with Crippen LogP contribution in [0, 0.1) is 5.92 Å². The molecule has 0 aliphatic heterocycles. The summed E-state index contributed by atoms with van der Waals surface area (Å²) in [6, 6.07) is 6.77. The van der Waals surface area contributed by atoms with Crippen molar-refractivity contribution in [3.8, 4) is 0 Å². The summed E-state index contributed by atoms with van der Waals surface area (Å²) in [5.74, 6) is -0.292. The van der Waals surface area contributed by atoms with Gasteiger partial charge in [-0.15, -0.1) is 0 Å². The first kappa shape index (κ1) is 17.5. The Kier molecular flexibility index (Phi) is 6.14. The number of aliphatic hydroxyl groups is 1. The van der Waals surface area contributed by atoms with Crippen molar-refractivity contribution < 1.29 is 14.7 Å². The number of unbranched alkanes of at least 4 members (excludes halogenated alkanes) is 4. The van der Waals surface area contributed by atoms with Gasteiger partial charge in [-0.25, -0.2) is 0 Å². The topological polar surface area (TPSA) is 54.4 Å². The number of benzene rings is 1. The molecule has 0 heterocycles. The minimum absolute atomic E-state index is 0.00925. The second-order valence-electron chi connectivity index (χ2n) is 6.73. The van der Waals surface area contributed by atoms with E-state index >= 15 is 0 Å². The third-order valence-corrected chi connectivity index (χ3v) is 4.40. The van der Waals surface area contributed by atoms with E-state index in [-0.39, 0.29) is 11.3 Å². The number of carbonyl (C=O) groups is 2. The fourth-order valence-corrected chi connectivity index (χ4v) is 3.03. The summed E-state index contributed by atoms with van der Waals surface area (Å²) >= 11 is 0. The van der Waals surface area contributed by atoms with Gasteiger partial charge in [-0.3, -0.25) is 9.59 Å². The molecule has 1 aromatic rings. The Bertz CT molecular complexity index is 611. The molecule has 1 aliphatic rings. The van der Waals surface area contributed by atoms with E-state index in [4.69, 9.17) is 0 Å². The highest BCUT2D eigenvalue weighted by molar-refractivity contribution is 6.52. The molecule has 1 aromatic carbocycles. The van der Waals surface area contributed by atoms with Gasteiger partial charge >= 0.3 is 0 Å². The van der Waals surface area contributed by atoms with Gasteiger partial charge in [-0.1, -0.05) is 70.2 Å². The fraction of sp³-hybridized carbons (Fsp3) is 0.500. The Morgan fingerprint density at radius 1 is 0.870 bits per heavy atom. The molecule has 2 rings (SSSR count). The molecule has 3 heteroatoms. The van der Waals surface area contributed by atoms with Gasteiger partial charge in [0.1, 0.15) is 5.76 Å². The van der Waals surface area contributed by atoms with E-state index in [1.165, 1.54) is 19.3 Å². The zero-order chi connectivity index (χ0) is 16.8. The maximum absolute atomic E-state index is 12.2. The summed E-state index contributed by atoms with van der Waals surface area (Å²) in [4.78, 5) is 24.3. The molecule has 0 atom stereocenters. The average Bonchev–Trinajstić information content (AvgIpc) is 2.54. The fourth-order valence-electron chi connectivity index (χ4n) is 3.03. The monoisotopic (exact) mass is 314 g/mol. The number of ketones is 2. The number of hydrogen-bond donors (Lipinski definition) is 1. The van der Waals surface area contributed by atoms with Crippen LogP contribution in [0.15, 0.2) is 29.8 Å². The summed E-state index contributed by atoms with van der Waals surface area (Å²) in [6.07, 6.45) is 7.19. The van der Waals surface area contributed by atoms with Crippen LogP contribution in [0.25, 0.3) is 5.76 Å². The SMILES string of the molecule is CC(C)CCCCCCCC1=C(O)c2ccccc2C(=O)C1=O. The molecule has 124 valence electrons. The lowest BCUT2D eigenvalue weighted by molar-refractivity contribution is -0.112. The van der Waals surface area contributed by atoms with Crippen molar-refractivity contribution in [2.24, 2.45) is 5.92 Å². The zero-order valence-electron chi connectivity index (χ0n) is 14.1. The van der Waals surface area contributed by atoms with E-state index in [1.54, 1.807) is 24.3 Å². The second kappa shape index (κ2) is 8.09. The maximum Gasteiger partial charge on any atom is 0.234 e. The maximum atomic E-state index is 12.2. The van der Waals surface area contributed by atoms with Crippen molar-refractivity contribution in [1.29, 1.82) is 0 Å². The number of aliphatic hydroxyl groups excluding tert-OH is 1. The molecule has 0 saturated heterocycles. The van der Waals surface area contributed by atoms with Crippen molar-refractivity contribution in [2.45, 2.75) is 58.8 Å². The molecule has 0 saturated carbocycles. The second-order valence-corrected chi connectivity index (χ2v) is 6.73. The Morgan fingerprint density at radius 2 is 1.48 bits per heavy atom. The third kappa shape index (κ3) is 4.31. The van der Waals surface area contributed by atoms with E-state index < -0.39 is 11.6 Å². The molecule has 3 nitrogen and oxygen atoms in total. The first-order valence-electron chi connectivity index (χ1n) is 8.63. The van der Waals surface area contributed by atoms with Crippen LogP contribution in [-0.4, -0.2) is 16.7 Å². The number of Topliss-reactive ketones (excluding diaryl/α,β-unsaturated/α-hetero) is 2. The van der Waals surface area contributed by atoms with Crippen LogP contribution in [0.2, 0.25) is 0 Å². The molecule has 0 fully saturated rings. The van der Waals surface area contributed by atoms with Crippen LogP contribution in [0.3, 0.4) is 0 Å². The molecule has 0 spiro atoms. The van der Waals surface area contributed by atoms with Crippen LogP contribution < -0.4 is 0 Å². The van der Waals surface area contributed by atoms with Crippen LogP contribution in [0.5, 0.6) is 0 Å². The zero-order valence-corrected chi connectivity index (χ0v) is 14.1. The van der Waals surface area contributed by atoms with Crippen molar-refractivity contribution in [2.75, 3.05) is 0 Å². The number of allylic oxidation sites excluding steroid dienone is 1. The highest BCUT2D eigenvalue weighted by Gasteiger charge is 2.31. The highest BCUT2D eigenvalue weighted by atomic mass is 16.3. The van der Waals surface area contributed by atoms with Crippen molar-refractivity contribution >= 4 is 17.3 Å². The van der Waals surface area contributed by atoms with Gasteiger partial charge in [0, 0.05) is 16.7 Å². The Labute approximate surface area is 138 Å². The van der Waals surface area contributed by atoms with Gasteiger partial charge < -0.3 is 5.11 Å². The van der Waals surface area contributed by atoms with E-state index in [2.05, 4.69) is 13.8 Å². The number of carbonyl (C=O) groups excluding carboxylic acids is 2. The summed E-state index contributed by atoms with van der Waals surface area (Å²) in [5.41, 5.74) is 1.09. The summed E-state index contributed by atoms with van der Waals surface area (Å²) in [7, 11) is 0. The summed E-state index contributed by atoms with van der Waals surface area (Å²) in [6.45, 7) is 4.47. The predicted octanol–water partition coefficient (Wildman–Crippen LogP) is 5.11. The van der Waals surface area contributed by atoms with Gasteiger partial charge in [0.05, 0.1) is 0 Å². The molecule has 0 radical (unpaired) electrons. The average molecular weight is 314 g/mol. The lowest BCUT2D eigenvalue weighted by atomic mass is 9.86. The van der Waals surface area contributed by atoms with E-state index in [1.807, 2.05) is 0 Å². The largest absolute Gasteiger partial charge is 0.507 e. The lowest BCUT2D eigenvalue weighted by Crippen LogP contribution is -2.24. The van der Waals surface area contributed by atoms with Gasteiger partial charge in [0.15, 0.2) is 0 Å². The van der Waals surface area contributed by atoms with Crippen molar-refractivity contribution in [1.82, 2.24) is 0 Å². The highest BCUT2D eigenvalue weighted by Crippen LogP contribution is 2.30. The quantitative estimate of drug-likeness (QED) is 0.536. The summed E-state index contributed by atoms with van der Waals surface area (Å²) < 4.78 is 0. The number of rotatable bonds is 8. The summed E-state index contributed by atoms with van der Waals surface area (Å²) in [5, 5.41) is 10.3. The predicted molar refractivity (Wildman–Crippen MR) is 92.5 cm³/mol. The van der Waals surface area contributed by atoms with Gasteiger partial charge in [0.25, 0.3) is 0 Å². The molecule has 0 aromatic heterocycles. The van der Waals surface area contributed by atoms with E-state index in [9.17, 15) is 14.7 Å². The first-order valence-corrected chi connectivity index (χ1v) is 8.63. The van der Waals surface area contributed by atoms with Crippen LogP contribution >= 0.6 is 0 Å². The van der Waals surface area contributed by atoms with Crippen molar-refractivity contribution in [3.05, 3.63) is 41.0 Å². The first-order chi connectivity index (χ1) is 11.0. The lowest BCUT2D eigenvalue weighted by Gasteiger charge is -2.17. The third-order valence-electron chi connectivity index (χ3n) is 4.40. The van der Waals surface area contributed by atoms with E-state index in [0.29, 0.717) is 17.5 Å². The van der Waals surface area contributed by atoms with Crippen LogP contribution in [-0.2, 0) is 4.79 Å². The van der Waals surface area contributed by atoms with Gasteiger partial charge in [-0.05, 0) is 18.8 Å². The molecule has 0 amide bonds.